The number of hydrogen-bond donors (Lipinski definition) is 9. The summed E-state index contributed by atoms with van der Waals surface area (Å²) < 4.78 is 31.2. The molecule has 2 aromatic carbocycles. The largest absolute Gasteiger partial charge is 0.504 e. The van der Waals surface area contributed by atoms with Crippen LogP contribution in [0, 0.1) is 0 Å². The van der Waals surface area contributed by atoms with Crippen molar-refractivity contribution in [2.75, 3.05) is 20.3 Å². The lowest BCUT2D eigenvalue weighted by Crippen LogP contribution is -2.64. The van der Waals surface area contributed by atoms with Crippen molar-refractivity contribution in [3.8, 4) is 23.0 Å². The van der Waals surface area contributed by atoms with Gasteiger partial charge in [0.2, 0.25) is 0 Å². The minimum absolute atomic E-state index is 0.103. The Hall–Kier alpha value is -4.30. The van der Waals surface area contributed by atoms with Gasteiger partial charge in [-0.2, -0.15) is 0 Å². The predicted molar refractivity (Wildman–Crippen MR) is 159 cm³/mol. The van der Waals surface area contributed by atoms with Gasteiger partial charge in [-0.15, -0.1) is 0 Å². The lowest BCUT2D eigenvalue weighted by Gasteiger charge is -2.45. The fraction of sp³-hybridized carbons (Fsp3) is 0.419. The van der Waals surface area contributed by atoms with Gasteiger partial charge in [-0.25, -0.2) is 9.59 Å². The van der Waals surface area contributed by atoms with Crippen LogP contribution in [0.1, 0.15) is 11.1 Å². The lowest BCUT2D eigenvalue weighted by atomic mass is 9.97. The molecular formula is C31H36O17. The third-order valence-corrected chi connectivity index (χ3v) is 7.43. The fourth-order valence-electron chi connectivity index (χ4n) is 4.72. The van der Waals surface area contributed by atoms with Gasteiger partial charge in [0.05, 0.1) is 7.11 Å². The highest BCUT2D eigenvalue weighted by atomic mass is 16.7. The Morgan fingerprint density at radius 1 is 0.688 bits per heavy atom. The highest BCUT2D eigenvalue weighted by Crippen LogP contribution is 2.30. The third kappa shape index (κ3) is 8.98. The van der Waals surface area contributed by atoms with E-state index < -0.39 is 92.3 Å². The molecule has 0 amide bonds. The van der Waals surface area contributed by atoms with Crippen LogP contribution in [0.4, 0.5) is 0 Å². The zero-order valence-corrected chi connectivity index (χ0v) is 25.3. The van der Waals surface area contributed by atoms with E-state index in [9.17, 15) is 55.5 Å². The second-order valence-electron chi connectivity index (χ2n) is 10.8. The zero-order chi connectivity index (χ0) is 35.1. The highest BCUT2D eigenvalue weighted by molar-refractivity contribution is 5.87. The molecule has 0 spiro atoms. The van der Waals surface area contributed by atoms with Crippen LogP contribution in [-0.2, 0) is 33.3 Å². The number of aliphatic hydroxyl groups excluding tert-OH is 6. The van der Waals surface area contributed by atoms with Crippen LogP contribution >= 0.6 is 0 Å². The smallest absolute Gasteiger partial charge is 0.330 e. The maximum absolute atomic E-state index is 12.3. The Labute approximate surface area is 272 Å². The number of esters is 2. The van der Waals surface area contributed by atoms with Gasteiger partial charge < -0.3 is 74.4 Å². The Kier molecular flexibility index (Phi) is 12.3. The van der Waals surface area contributed by atoms with Crippen molar-refractivity contribution in [3.63, 3.8) is 0 Å². The van der Waals surface area contributed by atoms with E-state index in [1.165, 1.54) is 55.7 Å². The maximum Gasteiger partial charge on any atom is 0.330 e. The molecule has 0 saturated carbocycles. The monoisotopic (exact) mass is 680 g/mol. The van der Waals surface area contributed by atoms with Crippen molar-refractivity contribution in [1.82, 2.24) is 0 Å². The molecule has 2 fully saturated rings. The van der Waals surface area contributed by atoms with Crippen LogP contribution in [0.25, 0.3) is 12.2 Å². The summed E-state index contributed by atoms with van der Waals surface area (Å²) in [6.45, 7) is -1.25. The molecule has 2 aliphatic rings. The molecule has 0 aliphatic carbocycles. The van der Waals surface area contributed by atoms with Gasteiger partial charge in [-0.05, 0) is 47.5 Å². The molecule has 17 heteroatoms. The number of phenolic OH excluding ortho intramolecular Hbond substituents is 3. The van der Waals surface area contributed by atoms with Crippen molar-refractivity contribution in [2.24, 2.45) is 0 Å². The second-order valence-corrected chi connectivity index (χ2v) is 10.8. The van der Waals surface area contributed by atoms with E-state index in [4.69, 9.17) is 28.4 Å². The van der Waals surface area contributed by atoms with Crippen molar-refractivity contribution < 1.29 is 84.0 Å². The summed E-state index contributed by atoms with van der Waals surface area (Å²) in [5.41, 5.74) is 0.845. The van der Waals surface area contributed by atoms with Crippen molar-refractivity contribution >= 4 is 24.1 Å². The summed E-state index contributed by atoms with van der Waals surface area (Å²) in [7, 11) is 1.35. The number of hydrogen-bond acceptors (Lipinski definition) is 17. The molecule has 17 nitrogen and oxygen atoms in total. The van der Waals surface area contributed by atoms with E-state index in [2.05, 4.69) is 0 Å². The van der Waals surface area contributed by atoms with E-state index in [-0.39, 0.29) is 17.2 Å². The number of carbonyl (C=O) groups excluding carboxylic acids is 2. The van der Waals surface area contributed by atoms with Gasteiger partial charge in [0.15, 0.2) is 35.6 Å². The van der Waals surface area contributed by atoms with Gasteiger partial charge >= 0.3 is 11.9 Å². The normalized spacial score (nSPS) is 30.7. The number of ether oxygens (including phenoxy) is 6. The first kappa shape index (κ1) is 36.5. The maximum atomic E-state index is 12.3. The van der Waals surface area contributed by atoms with Crippen molar-refractivity contribution in [3.05, 3.63) is 59.7 Å². The minimum Gasteiger partial charge on any atom is -0.504 e. The first-order chi connectivity index (χ1) is 22.8. The van der Waals surface area contributed by atoms with Crippen LogP contribution in [0.5, 0.6) is 23.0 Å². The van der Waals surface area contributed by atoms with Crippen LogP contribution in [0.2, 0.25) is 0 Å². The Bertz CT molecular complexity index is 1480. The number of aliphatic hydroxyl groups is 6. The Balaban J connectivity index is 1.30. The number of rotatable bonds is 11. The quantitative estimate of drug-likeness (QED) is 0.0724. The predicted octanol–water partition coefficient (Wildman–Crippen LogP) is -1.74. The first-order valence-corrected chi connectivity index (χ1v) is 14.4. The van der Waals surface area contributed by atoms with Gasteiger partial charge in [0.1, 0.15) is 62.0 Å². The van der Waals surface area contributed by atoms with E-state index in [0.717, 1.165) is 12.2 Å². The van der Waals surface area contributed by atoms with E-state index in [1.807, 2.05) is 0 Å². The molecule has 10 atom stereocenters. The molecular weight excluding hydrogens is 644 g/mol. The lowest BCUT2D eigenvalue weighted by molar-refractivity contribution is -0.361. The molecule has 9 N–H and O–H groups in total. The summed E-state index contributed by atoms with van der Waals surface area (Å²) in [5.74, 6) is -2.48. The number of phenols is 3. The molecule has 0 unspecified atom stereocenters. The van der Waals surface area contributed by atoms with Crippen LogP contribution in [-0.4, -0.2) is 140 Å². The van der Waals surface area contributed by atoms with Crippen molar-refractivity contribution in [1.29, 1.82) is 0 Å². The Morgan fingerprint density at radius 2 is 1.23 bits per heavy atom. The minimum atomic E-state index is -1.97. The van der Waals surface area contributed by atoms with E-state index in [0.29, 0.717) is 11.1 Å². The summed E-state index contributed by atoms with van der Waals surface area (Å²) in [4.78, 5) is 24.4. The van der Waals surface area contributed by atoms with E-state index >= 15 is 0 Å². The van der Waals surface area contributed by atoms with Gasteiger partial charge in [0.25, 0.3) is 0 Å². The average molecular weight is 681 g/mol. The molecule has 2 aromatic rings. The summed E-state index contributed by atoms with van der Waals surface area (Å²) in [6.07, 6.45) is -13.0. The molecule has 0 bridgehead atoms. The fourth-order valence-corrected chi connectivity index (χ4v) is 4.72. The third-order valence-electron chi connectivity index (χ3n) is 7.43. The molecule has 48 heavy (non-hydrogen) atoms. The number of aromatic hydroxyl groups is 3. The standard InChI is InChI=1S/C31H36O17/c1-43-19-11-15(3-7-17(19)33)5-9-23(36)45-13-21-24(37)26(39)28(41)31(47-21)48-29-27(40)25(38)20(46-30(29)42)12-44-22(35)8-4-14-2-6-16(32)18(34)10-14/h2-11,20-21,24-34,37-42H,12-13H2,1H3/b8-4+,9-5+/t20-,21-,24-,25-,26+,27+,28-,29-,30+,31+/m1/s1. The van der Waals surface area contributed by atoms with Crippen LogP contribution < -0.4 is 4.74 Å². The van der Waals surface area contributed by atoms with Crippen LogP contribution in [0.15, 0.2) is 48.6 Å². The SMILES string of the molecule is COc1cc(/C=C/C(=O)OC[C@H]2O[C@@H](O[C@@H]3[C@@H](O)[C@H](O)[C@@H](COC(=O)/C=C/c4ccc(O)c(O)c4)O[C@@H]3O)[C@H](O)[C@@H](O)[C@@H]2O)ccc1O. The van der Waals surface area contributed by atoms with Gasteiger partial charge in [0, 0.05) is 12.2 Å². The topological polar surface area (TPSA) is 272 Å². The number of benzene rings is 2. The molecule has 0 aromatic heterocycles. The van der Waals surface area contributed by atoms with Gasteiger partial charge in [-0.1, -0.05) is 12.1 Å². The summed E-state index contributed by atoms with van der Waals surface area (Å²) in [6, 6.07) is 8.14. The Morgan fingerprint density at radius 3 is 1.81 bits per heavy atom. The van der Waals surface area contributed by atoms with Crippen molar-refractivity contribution in [2.45, 2.75) is 61.4 Å². The van der Waals surface area contributed by atoms with Crippen LogP contribution in [0.3, 0.4) is 0 Å². The highest BCUT2D eigenvalue weighted by Gasteiger charge is 2.50. The summed E-state index contributed by atoms with van der Waals surface area (Å²) >= 11 is 0. The molecule has 4 rings (SSSR count). The molecule has 2 saturated heterocycles. The number of carbonyl (C=O) groups is 2. The summed E-state index contributed by atoms with van der Waals surface area (Å²) in [5, 5.41) is 91.5. The number of methoxy groups -OCH3 is 1. The molecule has 0 radical (unpaired) electrons. The molecule has 2 heterocycles. The first-order valence-electron chi connectivity index (χ1n) is 14.4. The average Bonchev–Trinajstić information content (AvgIpc) is 3.07. The second kappa shape index (κ2) is 16.2. The van der Waals surface area contributed by atoms with E-state index in [1.54, 1.807) is 0 Å². The molecule has 2 aliphatic heterocycles. The zero-order valence-electron chi connectivity index (χ0n) is 25.3. The van der Waals surface area contributed by atoms with Gasteiger partial charge in [-0.3, -0.25) is 0 Å². The molecule has 262 valence electrons.